The molecule has 1 aromatic carbocycles. The van der Waals surface area contributed by atoms with E-state index in [1.807, 2.05) is 6.92 Å². The molecule has 0 radical (unpaired) electrons. The molecule has 0 unspecified atom stereocenters. The number of hydrogen-bond acceptors (Lipinski definition) is 2. The number of carboxylic acids is 1. The zero-order valence-electron chi connectivity index (χ0n) is 10.7. The quantitative estimate of drug-likeness (QED) is 0.817. The van der Waals surface area contributed by atoms with Crippen molar-refractivity contribution in [3.8, 4) is 0 Å². The summed E-state index contributed by atoms with van der Waals surface area (Å²) in [6.45, 7) is 6.74. The minimum Gasteiger partial charge on any atom is -0.478 e. The van der Waals surface area contributed by atoms with Crippen molar-refractivity contribution in [3.05, 3.63) is 46.5 Å². The molecule has 0 heterocycles. The molecule has 0 aromatic heterocycles. The fourth-order valence-electron chi connectivity index (χ4n) is 1.71. The summed E-state index contributed by atoms with van der Waals surface area (Å²) in [5.41, 5.74) is 0.606. The van der Waals surface area contributed by atoms with Gasteiger partial charge in [-0.05, 0) is 40.5 Å². The maximum atomic E-state index is 12.3. The molecule has 0 aliphatic carbocycles. The van der Waals surface area contributed by atoms with Gasteiger partial charge in [-0.15, -0.1) is 6.58 Å². The van der Waals surface area contributed by atoms with Crippen LogP contribution in [0.1, 0.15) is 34.1 Å². The van der Waals surface area contributed by atoms with Crippen molar-refractivity contribution in [2.75, 3.05) is 13.1 Å². The molecule has 0 saturated heterocycles. The minimum absolute atomic E-state index is 0.126. The Balaban J connectivity index is 3.01. The number of nitrogens with zero attached hydrogens (tertiary/aromatic N) is 1. The van der Waals surface area contributed by atoms with Crippen LogP contribution in [-0.4, -0.2) is 35.0 Å². The van der Waals surface area contributed by atoms with Crippen LogP contribution in [0.2, 0.25) is 0 Å². The molecular weight excluding hydrogens is 310 g/mol. The molecule has 5 heteroatoms. The van der Waals surface area contributed by atoms with E-state index in [0.29, 0.717) is 23.1 Å². The standard InChI is InChI=1S/C14H16BrNO3/c1-3-7-16(8-4-2)13(17)10-5-6-11(14(18)19)12(15)9-10/h3,5-6,9H,1,4,7-8H2,2H3,(H,18,19). The molecule has 1 amide bonds. The maximum Gasteiger partial charge on any atom is 0.336 e. The van der Waals surface area contributed by atoms with Crippen molar-refractivity contribution >= 4 is 27.8 Å². The Morgan fingerprint density at radius 2 is 2.16 bits per heavy atom. The molecule has 0 aliphatic heterocycles. The van der Waals surface area contributed by atoms with Crippen LogP contribution in [0.4, 0.5) is 0 Å². The molecular formula is C14H16BrNO3. The van der Waals surface area contributed by atoms with Crippen molar-refractivity contribution in [1.29, 1.82) is 0 Å². The van der Waals surface area contributed by atoms with Crippen molar-refractivity contribution in [1.82, 2.24) is 4.90 Å². The van der Waals surface area contributed by atoms with Gasteiger partial charge < -0.3 is 10.0 Å². The SMILES string of the molecule is C=CCN(CCC)C(=O)c1ccc(C(=O)O)c(Br)c1. The first-order valence-corrected chi connectivity index (χ1v) is 6.73. The molecule has 1 rings (SSSR count). The van der Waals surface area contributed by atoms with Gasteiger partial charge in [0.15, 0.2) is 0 Å². The van der Waals surface area contributed by atoms with Gasteiger partial charge >= 0.3 is 5.97 Å². The summed E-state index contributed by atoms with van der Waals surface area (Å²) in [5.74, 6) is -1.15. The van der Waals surface area contributed by atoms with Gasteiger partial charge in [-0.25, -0.2) is 4.79 Å². The van der Waals surface area contributed by atoms with Crippen LogP contribution in [0.3, 0.4) is 0 Å². The van der Waals surface area contributed by atoms with Gasteiger partial charge in [-0.1, -0.05) is 13.0 Å². The van der Waals surface area contributed by atoms with E-state index in [1.54, 1.807) is 11.0 Å². The van der Waals surface area contributed by atoms with Crippen LogP contribution in [0, 0.1) is 0 Å². The van der Waals surface area contributed by atoms with Crippen LogP contribution < -0.4 is 0 Å². The molecule has 0 spiro atoms. The lowest BCUT2D eigenvalue weighted by molar-refractivity contribution is 0.0693. The molecule has 0 atom stereocenters. The monoisotopic (exact) mass is 325 g/mol. The van der Waals surface area contributed by atoms with E-state index >= 15 is 0 Å². The third kappa shape index (κ3) is 3.92. The second-order valence-electron chi connectivity index (χ2n) is 4.04. The summed E-state index contributed by atoms with van der Waals surface area (Å²) >= 11 is 3.17. The van der Waals surface area contributed by atoms with E-state index in [-0.39, 0.29) is 11.5 Å². The topological polar surface area (TPSA) is 57.6 Å². The molecule has 1 aromatic rings. The summed E-state index contributed by atoms with van der Waals surface area (Å²) < 4.78 is 0.404. The van der Waals surface area contributed by atoms with Gasteiger partial charge in [-0.3, -0.25) is 4.79 Å². The number of benzene rings is 1. The van der Waals surface area contributed by atoms with Crippen molar-refractivity contribution < 1.29 is 14.7 Å². The van der Waals surface area contributed by atoms with Gasteiger partial charge in [0, 0.05) is 23.1 Å². The van der Waals surface area contributed by atoms with E-state index in [9.17, 15) is 9.59 Å². The highest BCUT2D eigenvalue weighted by Crippen LogP contribution is 2.19. The lowest BCUT2D eigenvalue weighted by Crippen LogP contribution is -2.31. The Bertz CT molecular complexity index is 499. The van der Waals surface area contributed by atoms with E-state index in [0.717, 1.165) is 6.42 Å². The van der Waals surface area contributed by atoms with Crippen LogP contribution in [0.25, 0.3) is 0 Å². The zero-order valence-corrected chi connectivity index (χ0v) is 12.3. The Kier molecular flexibility index (Phi) is 5.76. The Hall–Kier alpha value is -1.62. The van der Waals surface area contributed by atoms with E-state index in [4.69, 9.17) is 5.11 Å². The average molecular weight is 326 g/mol. The summed E-state index contributed by atoms with van der Waals surface area (Å²) in [5, 5.41) is 8.93. The lowest BCUT2D eigenvalue weighted by Gasteiger charge is -2.20. The maximum absolute atomic E-state index is 12.3. The Morgan fingerprint density at radius 1 is 1.47 bits per heavy atom. The predicted octanol–water partition coefficient (Wildman–Crippen LogP) is 3.19. The smallest absolute Gasteiger partial charge is 0.336 e. The van der Waals surface area contributed by atoms with Crippen LogP contribution >= 0.6 is 15.9 Å². The molecule has 102 valence electrons. The van der Waals surface area contributed by atoms with Crippen LogP contribution in [-0.2, 0) is 0 Å². The van der Waals surface area contributed by atoms with E-state index in [1.165, 1.54) is 18.2 Å². The second-order valence-corrected chi connectivity index (χ2v) is 4.89. The first-order chi connectivity index (χ1) is 9.01. The van der Waals surface area contributed by atoms with Crippen LogP contribution in [0.5, 0.6) is 0 Å². The fourth-order valence-corrected chi connectivity index (χ4v) is 2.25. The van der Waals surface area contributed by atoms with E-state index < -0.39 is 5.97 Å². The number of amides is 1. The summed E-state index contributed by atoms with van der Waals surface area (Å²) in [6.07, 6.45) is 2.53. The number of aromatic carboxylic acids is 1. The fraction of sp³-hybridized carbons (Fsp3) is 0.286. The molecule has 0 fully saturated rings. The van der Waals surface area contributed by atoms with E-state index in [2.05, 4.69) is 22.5 Å². The number of carbonyl (C=O) groups excluding carboxylic acids is 1. The summed E-state index contributed by atoms with van der Waals surface area (Å²) in [6, 6.07) is 4.50. The summed E-state index contributed by atoms with van der Waals surface area (Å²) in [4.78, 5) is 24.8. The molecule has 0 aliphatic rings. The van der Waals surface area contributed by atoms with Crippen LogP contribution in [0.15, 0.2) is 35.3 Å². The molecule has 0 saturated carbocycles. The number of carbonyl (C=O) groups is 2. The second kappa shape index (κ2) is 7.09. The average Bonchev–Trinajstić information content (AvgIpc) is 2.37. The van der Waals surface area contributed by atoms with Crippen molar-refractivity contribution in [2.24, 2.45) is 0 Å². The van der Waals surface area contributed by atoms with Gasteiger partial charge in [0.05, 0.1) is 5.56 Å². The number of halogens is 1. The molecule has 0 bridgehead atoms. The van der Waals surface area contributed by atoms with Gasteiger partial charge in [0.1, 0.15) is 0 Å². The first kappa shape index (κ1) is 15.4. The lowest BCUT2D eigenvalue weighted by atomic mass is 10.1. The zero-order chi connectivity index (χ0) is 14.4. The highest BCUT2D eigenvalue weighted by atomic mass is 79.9. The molecule has 19 heavy (non-hydrogen) atoms. The number of hydrogen-bond donors (Lipinski definition) is 1. The van der Waals surface area contributed by atoms with Crippen molar-refractivity contribution in [3.63, 3.8) is 0 Å². The molecule has 4 nitrogen and oxygen atoms in total. The number of rotatable bonds is 6. The van der Waals surface area contributed by atoms with Gasteiger partial charge in [0.2, 0.25) is 0 Å². The third-order valence-electron chi connectivity index (χ3n) is 2.58. The number of carboxylic acid groups (broad SMARTS) is 1. The normalized spacial score (nSPS) is 10.0. The predicted molar refractivity (Wildman–Crippen MR) is 77.5 cm³/mol. The first-order valence-electron chi connectivity index (χ1n) is 5.94. The van der Waals surface area contributed by atoms with Gasteiger partial charge in [-0.2, -0.15) is 0 Å². The van der Waals surface area contributed by atoms with Crippen molar-refractivity contribution in [2.45, 2.75) is 13.3 Å². The summed E-state index contributed by atoms with van der Waals surface area (Å²) in [7, 11) is 0. The largest absolute Gasteiger partial charge is 0.478 e. The highest BCUT2D eigenvalue weighted by molar-refractivity contribution is 9.10. The van der Waals surface area contributed by atoms with Gasteiger partial charge in [0.25, 0.3) is 5.91 Å². The Morgan fingerprint density at radius 3 is 2.63 bits per heavy atom. The molecule has 1 N–H and O–H groups in total. The Labute approximate surface area is 120 Å². The highest BCUT2D eigenvalue weighted by Gasteiger charge is 2.16. The minimum atomic E-state index is -1.03. The third-order valence-corrected chi connectivity index (χ3v) is 3.23.